The van der Waals surface area contributed by atoms with E-state index in [0.29, 0.717) is 18.2 Å². The maximum absolute atomic E-state index is 14.0. The predicted octanol–water partition coefficient (Wildman–Crippen LogP) is 3.58. The van der Waals surface area contributed by atoms with Crippen LogP contribution >= 0.6 is 0 Å². The minimum absolute atomic E-state index is 0.202. The molecule has 4 rings (SSSR count). The van der Waals surface area contributed by atoms with Crippen LogP contribution in [0.15, 0.2) is 24.3 Å². The van der Waals surface area contributed by atoms with Gasteiger partial charge in [-0.1, -0.05) is 31.0 Å². The first kappa shape index (κ1) is 16.1. The summed E-state index contributed by atoms with van der Waals surface area (Å²) in [5.41, 5.74) is 0.431. The molecule has 2 aliphatic heterocycles. The maximum Gasteiger partial charge on any atom is 0.230 e. The van der Waals surface area contributed by atoms with Crippen molar-refractivity contribution in [3.8, 4) is 0 Å². The quantitative estimate of drug-likeness (QED) is 0.846. The number of hydrogen-bond donors (Lipinski definition) is 0. The molecule has 3 aliphatic rings. The molecular weight excluding hydrogens is 303 g/mol. The summed E-state index contributed by atoms with van der Waals surface area (Å²) in [6.45, 7) is 3.16. The summed E-state index contributed by atoms with van der Waals surface area (Å²) in [4.78, 5) is 17.7. The zero-order valence-corrected chi connectivity index (χ0v) is 14.3. The van der Waals surface area contributed by atoms with E-state index in [1.807, 2.05) is 11.0 Å². The van der Waals surface area contributed by atoms with E-state index < -0.39 is 0 Å². The van der Waals surface area contributed by atoms with E-state index in [9.17, 15) is 9.18 Å². The second-order valence-electron chi connectivity index (χ2n) is 7.86. The molecule has 1 amide bonds. The summed E-state index contributed by atoms with van der Waals surface area (Å²) in [7, 11) is 0. The van der Waals surface area contributed by atoms with Gasteiger partial charge in [0.25, 0.3) is 0 Å². The molecule has 24 heavy (non-hydrogen) atoms. The molecule has 130 valence electrons. The standard InChI is InChI=1S/C20H27FN2O/c21-18-9-4-1-6-16(18)14-22-12-5-10-20(19(22)24)11-13-23(15-20)17-7-2-3-8-17/h1,4,6,9,17H,2-3,5,7-8,10-15H2. The largest absolute Gasteiger partial charge is 0.338 e. The fraction of sp³-hybridized carbons (Fsp3) is 0.650. The molecule has 0 aromatic heterocycles. The van der Waals surface area contributed by atoms with Crippen molar-refractivity contribution >= 4 is 5.91 Å². The molecule has 0 bridgehead atoms. The lowest BCUT2D eigenvalue weighted by atomic mass is 9.78. The number of nitrogens with zero attached hydrogens (tertiary/aromatic N) is 2. The van der Waals surface area contributed by atoms with Crippen LogP contribution in [0.1, 0.15) is 50.5 Å². The number of rotatable bonds is 3. The van der Waals surface area contributed by atoms with Crippen LogP contribution in [0.4, 0.5) is 4.39 Å². The third kappa shape index (κ3) is 2.85. The van der Waals surface area contributed by atoms with Gasteiger partial charge < -0.3 is 4.90 Å². The van der Waals surface area contributed by atoms with Gasteiger partial charge in [0.2, 0.25) is 5.91 Å². The average Bonchev–Trinajstić information content (AvgIpc) is 3.24. The molecule has 2 heterocycles. The minimum atomic E-state index is -0.205. The Morgan fingerprint density at radius 1 is 1.08 bits per heavy atom. The average molecular weight is 330 g/mol. The van der Waals surface area contributed by atoms with Crippen molar-refractivity contribution in [3.05, 3.63) is 35.6 Å². The normalized spacial score (nSPS) is 29.0. The van der Waals surface area contributed by atoms with Crippen molar-refractivity contribution in [3.63, 3.8) is 0 Å². The zero-order chi connectivity index (χ0) is 16.6. The first-order valence-corrected chi connectivity index (χ1v) is 9.45. The Kier molecular flexibility index (Phi) is 4.33. The number of carbonyl (C=O) groups excluding carboxylic acids is 1. The van der Waals surface area contributed by atoms with Crippen molar-refractivity contribution in [2.45, 2.75) is 57.5 Å². The summed E-state index contributed by atoms with van der Waals surface area (Å²) in [6.07, 6.45) is 8.28. The third-order valence-electron chi connectivity index (χ3n) is 6.37. The smallest absolute Gasteiger partial charge is 0.230 e. The summed E-state index contributed by atoms with van der Waals surface area (Å²) in [6, 6.07) is 7.52. The van der Waals surface area contributed by atoms with E-state index >= 15 is 0 Å². The summed E-state index contributed by atoms with van der Waals surface area (Å²) in [5, 5.41) is 0. The first-order valence-electron chi connectivity index (χ1n) is 9.45. The van der Waals surface area contributed by atoms with Crippen LogP contribution in [0, 0.1) is 11.2 Å². The summed E-state index contributed by atoms with van der Waals surface area (Å²) in [5.74, 6) is 0.0569. The van der Waals surface area contributed by atoms with Gasteiger partial charge in [-0.25, -0.2) is 4.39 Å². The van der Waals surface area contributed by atoms with Gasteiger partial charge in [-0.2, -0.15) is 0 Å². The van der Waals surface area contributed by atoms with Crippen LogP contribution in [0.25, 0.3) is 0 Å². The van der Waals surface area contributed by atoms with Gasteiger partial charge in [-0.15, -0.1) is 0 Å². The van der Waals surface area contributed by atoms with Crippen molar-refractivity contribution < 1.29 is 9.18 Å². The SMILES string of the molecule is O=C1N(Cc2ccccc2F)CCCC12CCN(C1CCCC1)C2. The highest BCUT2D eigenvalue weighted by atomic mass is 19.1. The van der Waals surface area contributed by atoms with E-state index in [4.69, 9.17) is 0 Å². The molecule has 1 aliphatic carbocycles. The molecule has 0 radical (unpaired) electrons. The number of hydrogen-bond acceptors (Lipinski definition) is 2. The molecule has 4 heteroatoms. The van der Waals surface area contributed by atoms with Crippen LogP contribution < -0.4 is 0 Å². The van der Waals surface area contributed by atoms with E-state index in [1.54, 1.807) is 12.1 Å². The van der Waals surface area contributed by atoms with E-state index in [2.05, 4.69) is 4.90 Å². The Morgan fingerprint density at radius 2 is 1.88 bits per heavy atom. The van der Waals surface area contributed by atoms with Crippen LogP contribution in [-0.2, 0) is 11.3 Å². The highest BCUT2D eigenvalue weighted by molar-refractivity contribution is 5.84. The molecule has 1 aromatic carbocycles. The van der Waals surface area contributed by atoms with Crippen molar-refractivity contribution in [2.75, 3.05) is 19.6 Å². The predicted molar refractivity (Wildman–Crippen MR) is 91.9 cm³/mol. The van der Waals surface area contributed by atoms with Crippen LogP contribution in [0.3, 0.4) is 0 Å². The summed E-state index contributed by atoms with van der Waals surface area (Å²) < 4.78 is 14.0. The second kappa shape index (κ2) is 6.47. The molecule has 3 fully saturated rings. The number of piperidine rings is 1. The topological polar surface area (TPSA) is 23.6 Å². The minimum Gasteiger partial charge on any atom is -0.338 e. The number of carbonyl (C=O) groups is 1. The number of amides is 1. The van der Waals surface area contributed by atoms with Crippen LogP contribution in [-0.4, -0.2) is 41.4 Å². The Bertz CT molecular complexity index is 613. The molecule has 1 atom stereocenters. The lowest BCUT2D eigenvalue weighted by Crippen LogP contribution is -2.50. The van der Waals surface area contributed by atoms with Gasteiger partial charge in [0, 0.05) is 31.2 Å². The molecule has 3 nitrogen and oxygen atoms in total. The van der Waals surface area contributed by atoms with E-state index in [1.165, 1.54) is 31.7 Å². The number of likely N-dealkylation sites (tertiary alicyclic amines) is 2. The molecule has 2 saturated heterocycles. The molecule has 1 aromatic rings. The Hall–Kier alpha value is -1.42. The Balaban J connectivity index is 1.47. The fourth-order valence-corrected chi connectivity index (χ4v) is 5.00. The van der Waals surface area contributed by atoms with Gasteiger partial charge in [0.15, 0.2) is 0 Å². The highest BCUT2D eigenvalue weighted by Gasteiger charge is 2.49. The lowest BCUT2D eigenvalue weighted by Gasteiger charge is -2.40. The highest BCUT2D eigenvalue weighted by Crippen LogP contribution is 2.42. The van der Waals surface area contributed by atoms with Gasteiger partial charge in [-0.05, 0) is 44.7 Å². The molecular formula is C20H27FN2O. The Labute approximate surface area is 143 Å². The van der Waals surface area contributed by atoms with Gasteiger partial charge in [-0.3, -0.25) is 9.69 Å². The van der Waals surface area contributed by atoms with Gasteiger partial charge >= 0.3 is 0 Å². The molecule has 0 N–H and O–H groups in total. The maximum atomic E-state index is 14.0. The number of halogens is 1. The molecule has 1 unspecified atom stereocenters. The molecule has 1 spiro atoms. The van der Waals surface area contributed by atoms with E-state index in [-0.39, 0.29) is 17.1 Å². The van der Waals surface area contributed by atoms with Gasteiger partial charge in [0.1, 0.15) is 5.82 Å². The fourth-order valence-electron chi connectivity index (χ4n) is 5.00. The lowest BCUT2D eigenvalue weighted by molar-refractivity contribution is -0.146. The van der Waals surface area contributed by atoms with E-state index in [0.717, 1.165) is 38.9 Å². The van der Waals surface area contributed by atoms with Crippen molar-refractivity contribution in [1.29, 1.82) is 0 Å². The van der Waals surface area contributed by atoms with Gasteiger partial charge in [0.05, 0.1) is 5.41 Å². The monoisotopic (exact) mass is 330 g/mol. The zero-order valence-electron chi connectivity index (χ0n) is 14.3. The molecule has 1 saturated carbocycles. The van der Waals surface area contributed by atoms with Crippen LogP contribution in [0.5, 0.6) is 0 Å². The number of benzene rings is 1. The first-order chi connectivity index (χ1) is 11.7. The van der Waals surface area contributed by atoms with Crippen molar-refractivity contribution in [1.82, 2.24) is 9.80 Å². The van der Waals surface area contributed by atoms with Crippen LogP contribution in [0.2, 0.25) is 0 Å². The Morgan fingerprint density at radius 3 is 2.67 bits per heavy atom. The third-order valence-corrected chi connectivity index (χ3v) is 6.37. The summed E-state index contributed by atoms with van der Waals surface area (Å²) >= 11 is 0. The van der Waals surface area contributed by atoms with Crippen molar-refractivity contribution in [2.24, 2.45) is 5.41 Å². The second-order valence-corrected chi connectivity index (χ2v) is 7.86.